The first-order valence-corrected chi connectivity index (χ1v) is 21.5. The number of sulfonamides is 1. The molecule has 1 saturated heterocycles. The molecule has 2 aliphatic carbocycles. The number of rotatable bonds is 9. The van der Waals surface area contributed by atoms with Crippen molar-refractivity contribution in [2.45, 2.75) is 121 Å². The number of nitrogens with zero attached hydrogens (tertiary/aromatic N) is 3. The zero-order valence-corrected chi connectivity index (χ0v) is 34.8. The van der Waals surface area contributed by atoms with Crippen molar-refractivity contribution < 1.29 is 55.0 Å². The molecule has 1 unspecified atom stereocenters. The number of aliphatic imine (C=N–C) groups is 1. The van der Waals surface area contributed by atoms with Crippen LogP contribution in [0.2, 0.25) is 0 Å². The Bertz CT molecular complexity index is 2140. The molecule has 0 bridgehead atoms. The Morgan fingerprint density at radius 3 is 2.46 bits per heavy atom. The molecule has 2 saturated carbocycles. The monoisotopic (exact) mass is 847 g/mol. The topological polar surface area (TPSA) is 183 Å². The Balaban J connectivity index is 1.35. The molecule has 1 aromatic heterocycles. The van der Waals surface area contributed by atoms with Crippen LogP contribution in [0, 0.1) is 23.7 Å². The van der Waals surface area contributed by atoms with Crippen molar-refractivity contribution in [2.24, 2.45) is 28.7 Å². The third-order valence-corrected chi connectivity index (χ3v) is 14.2. The zero-order valence-electron chi connectivity index (χ0n) is 34.0. The summed E-state index contributed by atoms with van der Waals surface area (Å²) < 4.78 is 85.0. The van der Waals surface area contributed by atoms with E-state index in [9.17, 15) is 40.8 Å². The highest BCUT2D eigenvalue weighted by atomic mass is 32.2. The van der Waals surface area contributed by atoms with Crippen molar-refractivity contribution >= 4 is 50.8 Å². The minimum atomic E-state index is -4.89. The smallest absolute Gasteiger partial charge is 0.434 e. The quantitative estimate of drug-likeness (QED) is 0.223. The molecule has 322 valence electrons. The molecule has 4 amide bonds. The fourth-order valence-corrected chi connectivity index (χ4v) is 8.87. The van der Waals surface area contributed by atoms with E-state index < -0.39 is 85.8 Å². The van der Waals surface area contributed by atoms with Crippen LogP contribution in [0.4, 0.5) is 18.0 Å². The van der Waals surface area contributed by atoms with E-state index in [1.165, 1.54) is 11.1 Å². The molecular formula is C41H52F3N5O9S. The van der Waals surface area contributed by atoms with Gasteiger partial charge in [-0.3, -0.25) is 19.1 Å². The van der Waals surface area contributed by atoms with Crippen LogP contribution < -0.4 is 19.5 Å². The summed E-state index contributed by atoms with van der Waals surface area (Å²) in [6, 6.07) is 5.99. The lowest BCUT2D eigenvalue weighted by atomic mass is 9.87. The van der Waals surface area contributed by atoms with Crippen LogP contribution in [0.25, 0.3) is 10.8 Å². The molecule has 2 aliphatic heterocycles. The van der Waals surface area contributed by atoms with Gasteiger partial charge in [-0.2, -0.15) is 18.2 Å². The Kier molecular flexibility index (Phi) is 12.2. The van der Waals surface area contributed by atoms with Gasteiger partial charge in [0.05, 0.1) is 30.0 Å². The molecule has 1 aromatic carbocycles. The lowest BCUT2D eigenvalue weighted by Gasteiger charge is -2.30. The minimum absolute atomic E-state index is 0.00535. The number of hydrogen-bond acceptors (Lipinski definition) is 10. The second-order valence-corrected chi connectivity index (χ2v) is 19.2. The number of nitrogens with one attached hydrogen (secondary N) is 2. The SMILES string of the molecule is CCOc1cnc(O[C@@H]2C[C@H]3C(=O)N[C@]4(C(=O)NS(=O)(=O)C5(C)CC5)C[C@H]4/C=C\[C@H](C)CCC[C@@H](C)C(/C=N/C(=O)OC(C)(C)C(F)(F)F)C(=O)N3C2)c2ccccc12. The number of pyridine rings is 1. The third kappa shape index (κ3) is 9.21. The van der Waals surface area contributed by atoms with Crippen LogP contribution in [0.3, 0.4) is 0 Å². The van der Waals surface area contributed by atoms with E-state index in [0.717, 1.165) is 11.6 Å². The van der Waals surface area contributed by atoms with Gasteiger partial charge >= 0.3 is 12.3 Å². The first-order chi connectivity index (χ1) is 27.6. The number of amides is 4. The number of halogens is 3. The predicted molar refractivity (Wildman–Crippen MR) is 211 cm³/mol. The van der Waals surface area contributed by atoms with Crippen molar-refractivity contribution in [3.63, 3.8) is 0 Å². The van der Waals surface area contributed by atoms with Gasteiger partial charge in [0.15, 0.2) is 0 Å². The minimum Gasteiger partial charge on any atom is -0.492 e. The van der Waals surface area contributed by atoms with E-state index in [-0.39, 0.29) is 31.2 Å². The van der Waals surface area contributed by atoms with E-state index in [1.54, 1.807) is 26.0 Å². The fraction of sp³-hybridized carbons (Fsp3) is 0.610. The van der Waals surface area contributed by atoms with Crippen molar-refractivity contribution in [1.29, 1.82) is 0 Å². The summed E-state index contributed by atoms with van der Waals surface area (Å²) in [5.74, 6) is -3.78. The largest absolute Gasteiger partial charge is 0.492 e. The first-order valence-electron chi connectivity index (χ1n) is 20.0. The van der Waals surface area contributed by atoms with Gasteiger partial charge < -0.3 is 24.4 Å². The van der Waals surface area contributed by atoms with E-state index >= 15 is 0 Å². The highest BCUT2D eigenvalue weighted by Gasteiger charge is 2.63. The number of alkyl halides is 3. The second kappa shape index (κ2) is 16.4. The standard InChI is InChI=1S/C41H52F3N5O9S/c1-7-56-32-22-45-34(29-14-9-8-13-28(29)32)57-27-19-31-33(50)47-40(36(52)48-59(54,55)39(6)17-18-39)20-26(40)16-15-24(2)11-10-12-25(3)30(35(51)49(31)23-27)21-46-37(53)58-38(4,5)41(42,43)44/h8-9,13-16,21-22,24-27,30-31H,7,10-12,17-20,23H2,1-6H3,(H,47,50)(H,48,52)/b16-15-,46-21+/t24-,25-,26-,27-,30?,31+,40-/m1/s1. The number of carbonyl (C=O) groups is 4. The van der Waals surface area contributed by atoms with Crippen LogP contribution in [0.1, 0.15) is 86.5 Å². The Morgan fingerprint density at radius 2 is 1.80 bits per heavy atom. The molecule has 2 aromatic rings. The molecule has 14 nitrogen and oxygen atoms in total. The van der Waals surface area contributed by atoms with Gasteiger partial charge in [0, 0.05) is 29.3 Å². The Morgan fingerprint density at radius 1 is 1.10 bits per heavy atom. The van der Waals surface area contributed by atoms with Gasteiger partial charge in [-0.1, -0.05) is 50.6 Å². The Labute approximate surface area is 341 Å². The summed E-state index contributed by atoms with van der Waals surface area (Å²) in [5, 5.41) is 4.16. The molecule has 6 rings (SSSR count). The summed E-state index contributed by atoms with van der Waals surface area (Å²) in [7, 11) is -4.07. The van der Waals surface area contributed by atoms with Crippen LogP contribution >= 0.6 is 0 Å². The van der Waals surface area contributed by atoms with Gasteiger partial charge in [-0.05, 0) is 77.7 Å². The summed E-state index contributed by atoms with van der Waals surface area (Å²) >= 11 is 0. The summed E-state index contributed by atoms with van der Waals surface area (Å²) in [5.41, 5.74) is -4.49. The number of ether oxygens (including phenoxy) is 3. The van der Waals surface area contributed by atoms with E-state index in [2.05, 4.69) is 24.8 Å². The van der Waals surface area contributed by atoms with Gasteiger partial charge in [-0.25, -0.2) is 18.2 Å². The average Bonchev–Trinajstić information content (AvgIpc) is 4.04. The molecule has 59 heavy (non-hydrogen) atoms. The third-order valence-electron chi connectivity index (χ3n) is 12.0. The van der Waals surface area contributed by atoms with E-state index in [0.29, 0.717) is 63.7 Å². The molecule has 0 radical (unpaired) electrons. The van der Waals surface area contributed by atoms with Crippen molar-refractivity contribution in [1.82, 2.24) is 19.9 Å². The lowest BCUT2D eigenvalue weighted by Crippen LogP contribution is -2.57. The Hall–Kier alpha value is -4.74. The molecule has 3 fully saturated rings. The van der Waals surface area contributed by atoms with Crippen molar-refractivity contribution in [3.05, 3.63) is 42.6 Å². The summed E-state index contributed by atoms with van der Waals surface area (Å²) in [4.78, 5) is 65.3. The van der Waals surface area contributed by atoms with Gasteiger partial charge in [0.25, 0.3) is 5.91 Å². The highest BCUT2D eigenvalue weighted by Crippen LogP contribution is 2.48. The lowest BCUT2D eigenvalue weighted by molar-refractivity contribution is -0.243. The number of fused-ring (bicyclic) bond motifs is 3. The van der Waals surface area contributed by atoms with E-state index in [4.69, 9.17) is 9.47 Å². The zero-order chi connectivity index (χ0) is 43.1. The van der Waals surface area contributed by atoms with Crippen molar-refractivity contribution in [3.8, 4) is 11.6 Å². The normalized spacial score (nSPS) is 29.3. The summed E-state index contributed by atoms with van der Waals surface area (Å²) in [6.45, 7) is 8.70. The van der Waals surface area contributed by atoms with Crippen LogP contribution in [0.5, 0.6) is 11.6 Å². The number of allylic oxidation sites excluding steroid dienone is 1. The summed E-state index contributed by atoms with van der Waals surface area (Å²) in [6.07, 6.45) is 1.46. The van der Waals surface area contributed by atoms with Crippen LogP contribution in [-0.2, 0) is 29.1 Å². The molecule has 2 N–H and O–H groups in total. The van der Waals surface area contributed by atoms with Crippen LogP contribution in [0.15, 0.2) is 47.6 Å². The first kappa shape index (κ1) is 43.8. The maximum atomic E-state index is 14.7. The number of hydrogen-bond donors (Lipinski definition) is 2. The molecule has 0 spiro atoms. The molecule has 3 heterocycles. The molecule has 18 heteroatoms. The number of benzene rings is 1. The van der Waals surface area contributed by atoms with Crippen molar-refractivity contribution in [2.75, 3.05) is 13.2 Å². The second-order valence-electron chi connectivity index (χ2n) is 17.0. The van der Waals surface area contributed by atoms with Gasteiger partial charge in [0.1, 0.15) is 23.4 Å². The molecular weight excluding hydrogens is 796 g/mol. The van der Waals surface area contributed by atoms with Gasteiger partial charge in [-0.15, -0.1) is 0 Å². The average molecular weight is 848 g/mol. The number of aromatic nitrogens is 1. The molecule has 4 aliphatic rings. The maximum Gasteiger partial charge on any atom is 0.434 e. The van der Waals surface area contributed by atoms with E-state index in [1.807, 2.05) is 38.1 Å². The fourth-order valence-electron chi connectivity index (χ4n) is 7.55. The predicted octanol–water partition coefficient (Wildman–Crippen LogP) is 6.03. The van der Waals surface area contributed by atoms with Crippen LogP contribution in [-0.4, -0.2) is 95.7 Å². The highest BCUT2D eigenvalue weighted by molar-refractivity contribution is 7.91. The number of carbonyl (C=O) groups excluding carboxylic acids is 4. The van der Waals surface area contributed by atoms with Gasteiger partial charge in [0.2, 0.25) is 33.3 Å². The maximum absolute atomic E-state index is 14.7. The molecule has 7 atom stereocenters.